The molecule has 75 valence electrons. The fourth-order valence-electron chi connectivity index (χ4n) is 1.61. The Balaban J connectivity index is 2.51. The molecule has 1 radical (unpaired) electrons. The number of benzene rings is 1. The van der Waals surface area contributed by atoms with Gasteiger partial charge in [-0.15, -0.1) is 0 Å². The molecule has 1 aromatic rings. The SMILES string of the molecule is Cc1[c]cccc1CC(C)CCC=O. The van der Waals surface area contributed by atoms with Gasteiger partial charge in [-0.1, -0.05) is 25.1 Å². The summed E-state index contributed by atoms with van der Waals surface area (Å²) >= 11 is 0. The average Bonchev–Trinajstić information content (AvgIpc) is 2.18. The van der Waals surface area contributed by atoms with Gasteiger partial charge in [-0.2, -0.15) is 0 Å². The molecule has 0 aliphatic heterocycles. The van der Waals surface area contributed by atoms with Crippen LogP contribution in [0.1, 0.15) is 30.9 Å². The van der Waals surface area contributed by atoms with Gasteiger partial charge in [0, 0.05) is 6.42 Å². The van der Waals surface area contributed by atoms with Gasteiger partial charge in [0.05, 0.1) is 0 Å². The van der Waals surface area contributed by atoms with Crippen LogP contribution in [-0.4, -0.2) is 6.29 Å². The molecular weight excluding hydrogens is 172 g/mol. The first-order chi connectivity index (χ1) is 6.74. The van der Waals surface area contributed by atoms with Crippen molar-refractivity contribution in [1.82, 2.24) is 0 Å². The van der Waals surface area contributed by atoms with Gasteiger partial charge in [-0.25, -0.2) is 0 Å². The van der Waals surface area contributed by atoms with Gasteiger partial charge in [0.1, 0.15) is 6.29 Å². The Hall–Kier alpha value is -1.11. The number of hydrogen-bond donors (Lipinski definition) is 0. The van der Waals surface area contributed by atoms with Crippen molar-refractivity contribution in [3.63, 3.8) is 0 Å². The first kappa shape index (κ1) is 11.0. The minimum absolute atomic E-state index is 0.578. The van der Waals surface area contributed by atoms with E-state index >= 15 is 0 Å². The molecule has 14 heavy (non-hydrogen) atoms. The summed E-state index contributed by atoms with van der Waals surface area (Å²) in [4.78, 5) is 10.2. The summed E-state index contributed by atoms with van der Waals surface area (Å²) in [6.45, 7) is 4.28. The highest BCUT2D eigenvalue weighted by atomic mass is 16.1. The summed E-state index contributed by atoms with van der Waals surface area (Å²) in [5, 5.41) is 0. The Morgan fingerprint density at radius 2 is 2.36 bits per heavy atom. The number of rotatable bonds is 5. The van der Waals surface area contributed by atoms with Crippen LogP contribution in [0.3, 0.4) is 0 Å². The van der Waals surface area contributed by atoms with Crippen LogP contribution < -0.4 is 0 Å². The van der Waals surface area contributed by atoms with E-state index < -0.39 is 0 Å². The molecule has 0 saturated heterocycles. The third kappa shape index (κ3) is 3.33. The summed E-state index contributed by atoms with van der Waals surface area (Å²) in [6, 6.07) is 9.30. The minimum Gasteiger partial charge on any atom is -0.303 e. The molecule has 0 aliphatic carbocycles. The molecular formula is C13H17O. The first-order valence-corrected chi connectivity index (χ1v) is 5.14. The third-order valence-corrected chi connectivity index (χ3v) is 2.52. The van der Waals surface area contributed by atoms with E-state index in [-0.39, 0.29) is 0 Å². The summed E-state index contributed by atoms with van der Waals surface area (Å²) in [7, 11) is 0. The quantitative estimate of drug-likeness (QED) is 0.651. The molecule has 0 amide bonds. The highest BCUT2D eigenvalue weighted by Gasteiger charge is 2.04. The van der Waals surface area contributed by atoms with Crippen LogP contribution in [-0.2, 0) is 11.2 Å². The number of aldehydes is 1. The van der Waals surface area contributed by atoms with Crippen LogP contribution in [0.2, 0.25) is 0 Å². The van der Waals surface area contributed by atoms with Crippen molar-refractivity contribution >= 4 is 6.29 Å². The van der Waals surface area contributed by atoms with E-state index in [2.05, 4.69) is 26.0 Å². The molecule has 0 fully saturated rings. The van der Waals surface area contributed by atoms with Gasteiger partial charge < -0.3 is 4.79 Å². The van der Waals surface area contributed by atoms with E-state index in [1.54, 1.807) is 0 Å². The van der Waals surface area contributed by atoms with Crippen molar-refractivity contribution < 1.29 is 4.79 Å². The minimum atomic E-state index is 0.578. The van der Waals surface area contributed by atoms with Gasteiger partial charge in [0.25, 0.3) is 0 Å². The van der Waals surface area contributed by atoms with E-state index in [1.165, 1.54) is 11.1 Å². The summed E-state index contributed by atoms with van der Waals surface area (Å²) < 4.78 is 0. The third-order valence-electron chi connectivity index (χ3n) is 2.52. The number of carbonyl (C=O) groups excluding carboxylic acids is 1. The summed E-state index contributed by atoms with van der Waals surface area (Å²) in [6.07, 6.45) is 3.71. The molecule has 0 N–H and O–H groups in total. The molecule has 0 saturated carbocycles. The highest BCUT2D eigenvalue weighted by molar-refractivity contribution is 5.49. The Morgan fingerprint density at radius 1 is 1.57 bits per heavy atom. The van der Waals surface area contributed by atoms with Crippen molar-refractivity contribution in [2.45, 2.75) is 33.1 Å². The normalized spacial score (nSPS) is 12.4. The topological polar surface area (TPSA) is 17.1 Å². The van der Waals surface area contributed by atoms with E-state index in [1.807, 2.05) is 12.1 Å². The molecule has 1 nitrogen and oxygen atoms in total. The van der Waals surface area contributed by atoms with Crippen LogP contribution in [0.5, 0.6) is 0 Å². The molecule has 0 bridgehead atoms. The molecule has 0 aliphatic rings. The Morgan fingerprint density at radius 3 is 3.00 bits per heavy atom. The smallest absolute Gasteiger partial charge is 0.120 e. The van der Waals surface area contributed by atoms with Crippen LogP contribution >= 0.6 is 0 Å². The predicted molar refractivity (Wildman–Crippen MR) is 58.2 cm³/mol. The van der Waals surface area contributed by atoms with Crippen molar-refractivity contribution in [1.29, 1.82) is 0 Å². The molecule has 0 heterocycles. The fraction of sp³-hybridized carbons (Fsp3) is 0.462. The predicted octanol–water partition coefficient (Wildman–Crippen LogP) is 2.95. The fourth-order valence-corrected chi connectivity index (χ4v) is 1.61. The van der Waals surface area contributed by atoms with E-state index in [4.69, 9.17) is 0 Å². The zero-order valence-corrected chi connectivity index (χ0v) is 8.92. The van der Waals surface area contributed by atoms with Crippen molar-refractivity contribution in [2.24, 2.45) is 5.92 Å². The van der Waals surface area contributed by atoms with E-state index in [0.717, 1.165) is 19.1 Å². The molecule has 1 heteroatoms. The molecule has 1 unspecified atom stereocenters. The maximum atomic E-state index is 10.2. The zero-order chi connectivity index (χ0) is 10.4. The van der Waals surface area contributed by atoms with Gasteiger partial charge in [-0.05, 0) is 42.9 Å². The lowest BCUT2D eigenvalue weighted by Crippen LogP contribution is -2.01. The van der Waals surface area contributed by atoms with Crippen LogP contribution in [0, 0.1) is 18.9 Å². The molecule has 1 aromatic carbocycles. The number of aryl methyl sites for hydroxylation is 1. The molecule has 1 atom stereocenters. The van der Waals surface area contributed by atoms with Crippen LogP contribution in [0.25, 0.3) is 0 Å². The maximum Gasteiger partial charge on any atom is 0.120 e. The Bertz CT molecular complexity index is 291. The largest absolute Gasteiger partial charge is 0.303 e. The second-order valence-electron chi connectivity index (χ2n) is 3.87. The van der Waals surface area contributed by atoms with Crippen molar-refractivity contribution in [2.75, 3.05) is 0 Å². The second-order valence-corrected chi connectivity index (χ2v) is 3.87. The van der Waals surface area contributed by atoms with Gasteiger partial charge in [-0.3, -0.25) is 0 Å². The first-order valence-electron chi connectivity index (χ1n) is 5.14. The molecule has 0 aromatic heterocycles. The zero-order valence-electron chi connectivity index (χ0n) is 8.92. The van der Waals surface area contributed by atoms with Crippen LogP contribution in [0.15, 0.2) is 18.2 Å². The van der Waals surface area contributed by atoms with Crippen molar-refractivity contribution in [3.05, 3.63) is 35.4 Å². The molecule has 1 rings (SSSR count). The number of hydrogen-bond acceptors (Lipinski definition) is 1. The lowest BCUT2D eigenvalue weighted by atomic mass is 9.94. The van der Waals surface area contributed by atoms with Crippen molar-refractivity contribution in [3.8, 4) is 0 Å². The van der Waals surface area contributed by atoms with E-state index in [9.17, 15) is 4.79 Å². The molecule has 0 spiro atoms. The Kier molecular flexibility index (Phi) is 4.37. The summed E-state index contributed by atoms with van der Waals surface area (Å²) in [5.41, 5.74) is 2.58. The van der Waals surface area contributed by atoms with Gasteiger partial charge >= 0.3 is 0 Å². The van der Waals surface area contributed by atoms with Crippen LogP contribution in [0.4, 0.5) is 0 Å². The highest BCUT2D eigenvalue weighted by Crippen LogP contribution is 2.15. The maximum absolute atomic E-state index is 10.2. The number of carbonyl (C=O) groups is 1. The lowest BCUT2D eigenvalue weighted by Gasteiger charge is -2.11. The monoisotopic (exact) mass is 189 g/mol. The standard InChI is InChI=1S/C13H17O/c1-11(6-5-9-14)10-13-8-4-3-7-12(13)2/h3-4,8-9,11H,5-6,10H2,1-2H3. The lowest BCUT2D eigenvalue weighted by molar-refractivity contribution is -0.108. The van der Waals surface area contributed by atoms with Gasteiger partial charge in [0.2, 0.25) is 0 Å². The summed E-state index contributed by atoms with van der Waals surface area (Å²) in [5.74, 6) is 0.578. The van der Waals surface area contributed by atoms with E-state index in [0.29, 0.717) is 12.3 Å². The Labute approximate surface area is 86.1 Å². The van der Waals surface area contributed by atoms with Gasteiger partial charge in [0.15, 0.2) is 0 Å². The second kappa shape index (κ2) is 5.58. The average molecular weight is 189 g/mol.